The van der Waals surface area contributed by atoms with Crippen LogP contribution in [0.5, 0.6) is 0 Å². The van der Waals surface area contributed by atoms with Crippen molar-refractivity contribution >= 4 is 11.9 Å². The summed E-state index contributed by atoms with van der Waals surface area (Å²) in [6.07, 6.45) is 20.4. The molecule has 2 aliphatic rings. The van der Waals surface area contributed by atoms with Gasteiger partial charge < -0.3 is 14.6 Å². The predicted octanol–water partition coefficient (Wildman–Crippen LogP) is 7.96. The summed E-state index contributed by atoms with van der Waals surface area (Å²) >= 11 is 0. The van der Waals surface area contributed by atoms with Gasteiger partial charge in [-0.1, -0.05) is 90.7 Å². The summed E-state index contributed by atoms with van der Waals surface area (Å²) in [6, 6.07) is 0. The van der Waals surface area contributed by atoms with E-state index in [-0.39, 0.29) is 24.7 Å². The van der Waals surface area contributed by atoms with Crippen molar-refractivity contribution in [3.8, 4) is 0 Å². The average molecular weight is 533 g/mol. The third-order valence-electron chi connectivity index (χ3n) is 9.16. The van der Waals surface area contributed by atoms with Gasteiger partial charge >= 0.3 is 11.9 Å². The molecule has 0 radical (unpaired) electrons. The molecular weight excluding hydrogens is 476 g/mol. The molecular formula is C33H56O5. The number of esters is 2. The van der Waals surface area contributed by atoms with Crippen LogP contribution in [0.15, 0.2) is 24.3 Å². The van der Waals surface area contributed by atoms with E-state index in [4.69, 9.17) is 9.47 Å². The molecule has 2 atom stereocenters. The molecule has 0 aliphatic heterocycles. The topological polar surface area (TPSA) is 72.8 Å². The number of aliphatic hydroxyl groups is 1. The molecule has 38 heavy (non-hydrogen) atoms. The first kappa shape index (κ1) is 32.6. The smallest absolute Gasteiger partial charge is 0.336 e. The summed E-state index contributed by atoms with van der Waals surface area (Å²) < 4.78 is 10.7. The second-order valence-corrected chi connectivity index (χ2v) is 12.4. The third kappa shape index (κ3) is 12.1. The zero-order chi connectivity index (χ0) is 27.9. The second-order valence-electron chi connectivity index (χ2n) is 12.4. The lowest BCUT2D eigenvalue weighted by atomic mass is 9.68. The number of hydrogen-bond acceptors (Lipinski definition) is 5. The summed E-state index contributed by atoms with van der Waals surface area (Å²) in [4.78, 5) is 23.9. The van der Waals surface area contributed by atoms with Crippen LogP contribution >= 0.6 is 0 Å². The molecule has 0 aromatic heterocycles. The van der Waals surface area contributed by atoms with Gasteiger partial charge in [0.25, 0.3) is 0 Å². The van der Waals surface area contributed by atoms with Gasteiger partial charge in [-0.15, -0.1) is 0 Å². The maximum Gasteiger partial charge on any atom is 0.336 e. The Kier molecular flexibility index (Phi) is 15.3. The summed E-state index contributed by atoms with van der Waals surface area (Å²) in [7, 11) is 0. The number of unbranched alkanes of at least 4 members (excludes halogenated alkanes) is 3. The minimum absolute atomic E-state index is 0.0401. The van der Waals surface area contributed by atoms with Gasteiger partial charge in [0, 0.05) is 11.5 Å². The molecule has 2 aliphatic carbocycles. The molecule has 5 heteroatoms. The Hall–Kier alpha value is -1.62. The van der Waals surface area contributed by atoms with Crippen LogP contribution in [0.2, 0.25) is 0 Å². The monoisotopic (exact) mass is 532 g/mol. The first-order valence-corrected chi connectivity index (χ1v) is 15.6. The normalized spacial score (nSPS) is 25.3. The van der Waals surface area contributed by atoms with E-state index in [1.54, 1.807) is 6.92 Å². The van der Waals surface area contributed by atoms with Crippen LogP contribution in [0.25, 0.3) is 0 Å². The summed E-state index contributed by atoms with van der Waals surface area (Å²) in [5.41, 5.74) is 0.400. The van der Waals surface area contributed by atoms with Crippen LogP contribution in [0, 0.1) is 29.6 Å². The van der Waals surface area contributed by atoms with Gasteiger partial charge in [0.1, 0.15) is 0 Å². The highest BCUT2D eigenvalue weighted by molar-refractivity contribution is 5.88. The van der Waals surface area contributed by atoms with Crippen LogP contribution in [-0.4, -0.2) is 36.4 Å². The predicted molar refractivity (Wildman–Crippen MR) is 155 cm³/mol. The van der Waals surface area contributed by atoms with Crippen molar-refractivity contribution < 1.29 is 24.2 Å². The minimum atomic E-state index is -0.942. The number of aliphatic hydroxyl groups excluding tert-OH is 1. The van der Waals surface area contributed by atoms with Gasteiger partial charge in [0.05, 0.1) is 24.9 Å². The number of carbonyl (C=O) groups excluding carboxylic acids is 2. The van der Waals surface area contributed by atoms with Crippen molar-refractivity contribution in [3.63, 3.8) is 0 Å². The molecule has 0 saturated heterocycles. The summed E-state index contributed by atoms with van der Waals surface area (Å²) in [5, 5.41) is 9.55. The fourth-order valence-corrected chi connectivity index (χ4v) is 6.43. The molecule has 218 valence electrons. The van der Waals surface area contributed by atoms with Crippen molar-refractivity contribution in [1.29, 1.82) is 0 Å². The summed E-state index contributed by atoms with van der Waals surface area (Å²) in [5.74, 6) is 2.69. The largest absolute Gasteiger partial charge is 0.462 e. The number of rotatable bonds is 17. The Morgan fingerprint density at radius 3 is 1.71 bits per heavy atom. The zero-order valence-electron chi connectivity index (χ0n) is 24.7. The van der Waals surface area contributed by atoms with Gasteiger partial charge in [0.15, 0.2) is 0 Å². The van der Waals surface area contributed by atoms with E-state index in [2.05, 4.69) is 20.1 Å². The molecule has 0 bridgehead atoms. The maximum atomic E-state index is 12.1. The molecule has 0 spiro atoms. The van der Waals surface area contributed by atoms with Crippen LogP contribution in [0.3, 0.4) is 0 Å². The third-order valence-corrected chi connectivity index (χ3v) is 9.16. The van der Waals surface area contributed by atoms with Crippen molar-refractivity contribution in [2.45, 2.75) is 130 Å². The van der Waals surface area contributed by atoms with Gasteiger partial charge in [-0.05, 0) is 69.6 Å². The van der Waals surface area contributed by atoms with Gasteiger partial charge in [-0.25, -0.2) is 9.59 Å². The lowest BCUT2D eigenvalue weighted by molar-refractivity contribution is -0.144. The molecule has 0 aromatic carbocycles. The maximum absolute atomic E-state index is 12.1. The van der Waals surface area contributed by atoms with E-state index in [9.17, 15) is 14.7 Å². The van der Waals surface area contributed by atoms with E-state index in [0.717, 1.165) is 42.9 Å². The highest BCUT2D eigenvalue weighted by atomic mass is 16.5. The van der Waals surface area contributed by atoms with Crippen molar-refractivity contribution in [3.05, 3.63) is 24.3 Å². The van der Waals surface area contributed by atoms with E-state index in [1.165, 1.54) is 90.4 Å². The average Bonchev–Trinajstić information content (AvgIpc) is 2.92. The highest BCUT2D eigenvalue weighted by Gasteiger charge is 2.30. The molecule has 1 N–H and O–H groups in total. The van der Waals surface area contributed by atoms with Crippen LogP contribution < -0.4 is 0 Å². The minimum Gasteiger partial charge on any atom is -0.462 e. The Labute approximate surface area is 232 Å². The Morgan fingerprint density at radius 2 is 1.26 bits per heavy atom. The van der Waals surface area contributed by atoms with Crippen molar-refractivity contribution in [2.75, 3.05) is 13.2 Å². The fourth-order valence-electron chi connectivity index (χ4n) is 6.43. The Morgan fingerprint density at radius 1 is 0.789 bits per heavy atom. The van der Waals surface area contributed by atoms with Gasteiger partial charge in [0.2, 0.25) is 0 Å². The quantitative estimate of drug-likeness (QED) is 0.117. The molecule has 2 rings (SSSR count). The van der Waals surface area contributed by atoms with Crippen LogP contribution in [0.1, 0.15) is 124 Å². The first-order chi connectivity index (χ1) is 18.2. The first-order valence-electron chi connectivity index (χ1n) is 15.6. The second kappa shape index (κ2) is 17.9. The van der Waals surface area contributed by atoms with E-state index in [0.29, 0.717) is 5.57 Å². The standard InChI is InChI=1S/C33H56O5/c1-6-7-8-11-27-14-18-30(19-15-27)31-20-16-28(17-21-31)12-9-10-13-29(22-37-32(35)24(2)3)23-38-33(36)25(4)26(5)34/h26-31,34H,2,4,6-23H2,1,3,5H3. The highest BCUT2D eigenvalue weighted by Crippen LogP contribution is 2.43. The lowest BCUT2D eigenvalue weighted by Gasteiger charge is -2.38. The van der Waals surface area contributed by atoms with Crippen molar-refractivity contribution in [2.24, 2.45) is 29.6 Å². The molecule has 2 unspecified atom stereocenters. The zero-order valence-corrected chi connectivity index (χ0v) is 24.7. The molecule has 2 fully saturated rings. The van der Waals surface area contributed by atoms with E-state index >= 15 is 0 Å². The van der Waals surface area contributed by atoms with Gasteiger partial charge in [-0.2, -0.15) is 0 Å². The van der Waals surface area contributed by atoms with Gasteiger partial charge in [-0.3, -0.25) is 0 Å². The molecule has 0 aromatic rings. The Bertz CT molecular complexity index is 726. The van der Waals surface area contributed by atoms with Crippen LogP contribution in [0.4, 0.5) is 0 Å². The van der Waals surface area contributed by atoms with E-state index < -0.39 is 18.0 Å². The molecule has 5 nitrogen and oxygen atoms in total. The lowest BCUT2D eigenvalue weighted by Crippen LogP contribution is -2.26. The molecule has 0 heterocycles. The fraction of sp³-hybridized carbons (Fsp3) is 0.818. The number of carbonyl (C=O) groups is 2. The number of ether oxygens (including phenoxy) is 2. The van der Waals surface area contributed by atoms with E-state index in [1.807, 2.05) is 0 Å². The Balaban J connectivity index is 1.66. The number of hydrogen-bond donors (Lipinski definition) is 1. The molecule has 2 saturated carbocycles. The SMILES string of the molecule is C=C(C)C(=O)OCC(CCCCC1CCC(C2CCC(CCCCC)CC2)CC1)COC(=O)C(=C)C(C)O. The van der Waals surface area contributed by atoms with Crippen molar-refractivity contribution in [1.82, 2.24) is 0 Å². The molecule has 0 amide bonds. The van der Waals surface area contributed by atoms with Crippen LogP contribution in [-0.2, 0) is 19.1 Å². The summed E-state index contributed by atoms with van der Waals surface area (Å²) in [6.45, 7) is 13.0.